The zero-order valence-corrected chi connectivity index (χ0v) is 8.02. The van der Waals surface area contributed by atoms with Crippen LogP contribution in [0.5, 0.6) is 0 Å². The lowest BCUT2D eigenvalue weighted by Gasteiger charge is -1.98. The predicted molar refractivity (Wildman–Crippen MR) is 56.3 cm³/mol. The Balaban J connectivity index is 2.50. The van der Waals surface area contributed by atoms with Gasteiger partial charge in [-0.25, -0.2) is 9.59 Å². The molecule has 0 saturated carbocycles. The van der Waals surface area contributed by atoms with Crippen LogP contribution in [-0.4, -0.2) is 27.1 Å². The molecule has 2 heterocycles. The maximum Gasteiger partial charge on any atom is 0.337 e. The zero-order valence-electron chi connectivity index (χ0n) is 8.02. The van der Waals surface area contributed by atoms with Gasteiger partial charge in [-0.3, -0.25) is 4.98 Å². The lowest BCUT2D eigenvalue weighted by Crippen LogP contribution is -2.19. The van der Waals surface area contributed by atoms with Gasteiger partial charge in [-0.15, -0.1) is 0 Å². The van der Waals surface area contributed by atoms with Gasteiger partial charge in [-0.1, -0.05) is 0 Å². The highest BCUT2D eigenvalue weighted by Gasteiger charge is 2.10. The van der Waals surface area contributed by atoms with Gasteiger partial charge < -0.3 is 21.1 Å². The van der Waals surface area contributed by atoms with Crippen LogP contribution in [-0.2, 0) is 0 Å². The van der Waals surface area contributed by atoms with E-state index in [0.717, 1.165) is 0 Å². The van der Waals surface area contributed by atoms with Crippen molar-refractivity contribution in [1.82, 2.24) is 9.97 Å². The number of carbonyl (C=O) groups is 2. The molecule has 5 N–H and O–H groups in total. The van der Waals surface area contributed by atoms with Gasteiger partial charge in [-0.2, -0.15) is 0 Å². The van der Waals surface area contributed by atoms with Crippen LogP contribution in [0.2, 0.25) is 0 Å². The molecule has 0 unspecified atom stereocenters. The minimum atomic E-state index is -1.06. The third-order valence-corrected chi connectivity index (χ3v) is 2.02. The summed E-state index contributed by atoms with van der Waals surface area (Å²) in [6, 6.07) is 0.724. The molecule has 0 saturated heterocycles. The summed E-state index contributed by atoms with van der Waals surface area (Å²) in [7, 11) is 0. The Morgan fingerprint density at radius 3 is 2.88 bits per heavy atom. The van der Waals surface area contributed by atoms with Crippen molar-refractivity contribution in [2.45, 2.75) is 0 Å². The average molecular weight is 220 g/mol. The van der Waals surface area contributed by atoms with E-state index in [1.807, 2.05) is 0 Å². The number of anilines is 1. The van der Waals surface area contributed by atoms with Crippen LogP contribution in [0, 0.1) is 0 Å². The van der Waals surface area contributed by atoms with Crippen molar-refractivity contribution < 1.29 is 14.7 Å². The molecule has 82 valence electrons. The highest BCUT2D eigenvalue weighted by atomic mass is 16.4. The molecule has 0 atom stereocenters. The van der Waals surface area contributed by atoms with Crippen molar-refractivity contribution in [2.24, 2.45) is 5.73 Å². The molecular weight excluding hydrogens is 212 g/mol. The van der Waals surface area contributed by atoms with Gasteiger partial charge in [-0.05, 0) is 6.07 Å². The van der Waals surface area contributed by atoms with Crippen molar-refractivity contribution >= 4 is 28.7 Å². The fourth-order valence-electron chi connectivity index (χ4n) is 1.35. The summed E-state index contributed by atoms with van der Waals surface area (Å²) in [5.74, 6) is -1.06. The first-order valence-corrected chi connectivity index (χ1v) is 4.35. The van der Waals surface area contributed by atoms with E-state index in [1.165, 1.54) is 18.5 Å². The summed E-state index contributed by atoms with van der Waals surface area (Å²) in [4.78, 5) is 28.1. The number of rotatable bonds is 2. The molecule has 2 rings (SSSR count). The number of nitrogens with two attached hydrogens (primary N) is 1. The first-order valence-electron chi connectivity index (χ1n) is 4.35. The SMILES string of the molecule is NC(=O)Nc1c[nH]c2cc(C(=O)O)cnc12. The third-order valence-electron chi connectivity index (χ3n) is 2.02. The van der Waals surface area contributed by atoms with Crippen LogP contribution in [0.1, 0.15) is 10.4 Å². The fraction of sp³-hybridized carbons (Fsp3) is 0. The molecule has 0 bridgehead atoms. The molecular formula is C9H8N4O3. The van der Waals surface area contributed by atoms with Crippen molar-refractivity contribution in [2.75, 3.05) is 5.32 Å². The molecule has 0 radical (unpaired) electrons. The molecule has 2 aromatic heterocycles. The molecule has 0 spiro atoms. The number of hydrogen-bond donors (Lipinski definition) is 4. The van der Waals surface area contributed by atoms with Crippen LogP contribution < -0.4 is 11.1 Å². The van der Waals surface area contributed by atoms with Gasteiger partial charge in [0, 0.05) is 12.4 Å². The van der Waals surface area contributed by atoms with Gasteiger partial charge in [0.2, 0.25) is 0 Å². The first kappa shape index (κ1) is 9.97. The number of aromatic amines is 1. The van der Waals surface area contributed by atoms with Crippen molar-refractivity contribution in [3.05, 3.63) is 24.0 Å². The second-order valence-corrected chi connectivity index (χ2v) is 3.12. The van der Waals surface area contributed by atoms with Crippen molar-refractivity contribution in [3.8, 4) is 0 Å². The van der Waals surface area contributed by atoms with Crippen LogP contribution >= 0.6 is 0 Å². The number of H-pyrrole nitrogens is 1. The molecule has 2 amide bonds. The van der Waals surface area contributed by atoms with E-state index in [4.69, 9.17) is 10.8 Å². The van der Waals surface area contributed by atoms with Crippen molar-refractivity contribution in [3.63, 3.8) is 0 Å². The fourth-order valence-corrected chi connectivity index (χ4v) is 1.35. The number of carbonyl (C=O) groups excluding carboxylic acids is 1. The number of pyridine rings is 1. The van der Waals surface area contributed by atoms with Gasteiger partial charge in [0.1, 0.15) is 5.52 Å². The van der Waals surface area contributed by atoms with Crippen LogP contribution in [0.3, 0.4) is 0 Å². The summed E-state index contributed by atoms with van der Waals surface area (Å²) >= 11 is 0. The number of nitrogens with one attached hydrogen (secondary N) is 2. The molecule has 0 fully saturated rings. The molecule has 0 aromatic carbocycles. The van der Waals surface area contributed by atoms with E-state index in [0.29, 0.717) is 16.7 Å². The normalized spacial score (nSPS) is 10.2. The number of urea groups is 1. The van der Waals surface area contributed by atoms with E-state index in [2.05, 4.69) is 15.3 Å². The highest BCUT2D eigenvalue weighted by molar-refractivity contribution is 6.00. The third kappa shape index (κ3) is 1.65. The van der Waals surface area contributed by atoms with E-state index in [-0.39, 0.29) is 5.56 Å². The van der Waals surface area contributed by atoms with Gasteiger partial charge >= 0.3 is 12.0 Å². The number of amides is 2. The van der Waals surface area contributed by atoms with Crippen molar-refractivity contribution in [1.29, 1.82) is 0 Å². The summed E-state index contributed by atoms with van der Waals surface area (Å²) in [6.45, 7) is 0. The van der Waals surface area contributed by atoms with Gasteiger partial charge in [0.25, 0.3) is 0 Å². The largest absolute Gasteiger partial charge is 0.478 e. The Kier molecular flexibility index (Phi) is 2.20. The molecule has 2 aromatic rings. The number of aromatic nitrogens is 2. The molecule has 16 heavy (non-hydrogen) atoms. The monoisotopic (exact) mass is 220 g/mol. The molecule has 0 aliphatic carbocycles. The number of nitrogens with zero attached hydrogens (tertiary/aromatic N) is 1. The number of hydrogen-bond acceptors (Lipinski definition) is 3. The second-order valence-electron chi connectivity index (χ2n) is 3.12. The summed E-state index contributed by atoms with van der Waals surface area (Å²) < 4.78 is 0. The van der Waals surface area contributed by atoms with Crippen LogP contribution in [0.15, 0.2) is 18.5 Å². The molecule has 0 aliphatic rings. The predicted octanol–water partition coefficient (Wildman–Crippen LogP) is 0.752. The van der Waals surface area contributed by atoms with E-state index >= 15 is 0 Å². The Bertz CT molecular complexity index is 575. The highest BCUT2D eigenvalue weighted by Crippen LogP contribution is 2.21. The zero-order chi connectivity index (χ0) is 11.7. The van der Waals surface area contributed by atoms with Gasteiger partial charge in [0.05, 0.1) is 16.8 Å². The molecule has 7 nitrogen and oxygen atoms in total. The number of fused-ring (bicyclic) bond motifs is 1. The number of carboxylic acids is 1. The maximum absolute atomic E-state index is 10.7. The Morgan fingerprint density at radius 2 is 2.25 bits per heavy atom. The lowest BCUT2D eigenvalue weighted by molar-refractivity contribution is 0.0696. The first-order chi connectivity index (χ1) is 7.58. The number of primary amides is 1. The maximum atomic E-state index is 10.7. The van der Waals surface area contributed by atoms with E-state index < -0.39 is 12.0 Å². The average Bonchev–Trinajstić information content (AvgIpc) is 2.60. The summed E-state index contributed by atoms with van der Waals surface area (Å²) in [5.41, 5.74) is 6.43. The smallest absolute Gasteiger partial charge is 0.337 e. The van der Waals surface area contributed by atoms with Crippen LogP contribution in [0.4, 0.5) is 10.5 Å². The Morgan fingerprint density at radius 1 is 1.50 bits per heavy atom. The lowest BCUT2D eigenvalue weighted by atomic mass is 10.2. The van der Waals surface area contributed by atoms with E-state index in [1.54, 1.807) is 0 Å². The Labute approximate surface area is 89.3 Å². The second kappa shape index (κ2) is 3.54. The minimum Gasteiger partial charge on any atom is -0.478 e. The molecule has 0 aliphatic heterocycles. The topological polar surface area (TPSA) is 121 Å². The van der Waals surface area contributed by atoms with E-state index in [9.17, 15) is 9.59 Å². The quantitative estimate of drug-likeness (QED) is 0.596. The summed E-state index contributed by atoms with van der Waals surface area (Å²) in [5, 5.41) is 11.1. The number of aromatic carboxylic acids is 1. The molecule has 7 heteroatoms. The Hall–Kier alpha value is -2.57. The minimum absolute atomic E-state index is 0.0694. The standard InChI is InChI=1S/C9H8N4O3/c10-9(16)13-6-3-11-5-1-4(8(14)15)2-12-7(5)6/h1-3,11H,(H,14,15)(H3,10,13,16). The number of carboxylic acid groups (broad SMARTS) is 1. The summed E-state index contributed by atoms with van der Waals surface area (Å²) in [6.07, 6.45) is 2.71. The van der Waals surface area contributed by atoms with Crippen LogP contribution in [0.25, 0.3) is 11.0 Å². The van der Waals surface area contributed by atoms with Gasteiger partial charge in [0.15, 0.2) is 0 Å².